The van der Waals surface area contributed by atoms with Gasteiger partial charge in [0.2, 0.25) is 5.92 Å². The van der Waals surface area contributed by atoms with Crippen molar-refractivity contribution in [3.05, 3.63) is 34.4 Å². The summed E-state index contributed by atoms with van der Waals surface area (Å²) in [5.74, 6) is -4.30. The minimum Gasteiger partial charge on any atom is -0.489 e. The maximum absolute atomic E-state index is 17.0. The molecule has 0 amide bonds. The lowest BCUT2D eigenvalue weighted by Gasteiger charge is -2.38. The first kappa shape index (κ1) is 30.7. The van der Waals surface area contributed by atoms with Gasteiger partial charge in [-0.3, -0.25) is 4.90 Å². The van der Waals surface area contributed by atoms with E-state index in [0.29, 0.717) is 13.0 Å². The van der Waals surface area contributed by atoms with Crippen LogP contribution in [0.1, 0.15) is 37.7 Å². The molecule has 0 bridgehead atoms. The fourth-order valence-electron chi connectivity index (χ4n) is 7.82. The average Bonchev–Trinajstić information content (AvgIpc) is 3.61. The minimum absolute atomic E-state index is 0.0131. The third-order valence-corrected chi connectivity index (χ3v) is 11.3. The van der Waals surface area contributed by atoms with Crippen LogP contribution in [0.3, 0.4) is 0 Å². The molecule has 8 nitrogen and oxygen atoms in total. The van der Waals surface area contributed by atoms with Crippen LogP contribution in [-0.4, -0.2) is 71.9 Å². The topological polar surface area (TPSA) is 101 Å². The second-order valence-electron chi connectivity index (χ2n) is 12.9. The molecule has 47 heavy (non-hydrogen) atoms. The number of thiophene rings is 1. The van der Waals surface area contributed by atoms with Crippen LogP contribution in [0.15, 0.2) is 12.1 Å². The number of nitrogen functional groups attached to an aromatic ring is 1. The standard InChI is InChI=1S/C32H28ClF5N6O2S/c33-23-21(17-2-3-19(35)27-20(17)18(11-39)28(40)47-27)24(36)25-22-26(23)45-7-6-43(12-15-8-32(37,38)9-15)29(22)42-30(41-25)46-14-31-4-1-5-44(31)13-16(34)10-31/h2-3,15-16H,1,4-10,12-14,40H2/t16-,31+/m1/s1. The van der Waals surface area contributed by atoms with Gasteiger partial charge in [-0.25, -0.2) is 22.0 Å². The summed E-state index contributed by atoms with van der Waals surface area (Å²) in [6.07, 6.45) is 0.367. The Morgan fingerprint density at radius 3 is 2.74 bits per heavy atom. The molecule has 2 saturated heterocycles. The normalized spacial score (nSPS) is 23.9. The van der Waals surface area contributed by atoms with Crippen molar-refractivity contribution in [3.63, 3.8) is 0 Å². The van der Waals surface area contributed by atoms with Crippen molar-refractivity contribution in [2.24, 2.45) is 5.92 Å². The van der Waals surface area contributed by atoms with E-state index in [0.717, 1.165) is 36.8 Å². The first-order chi connectivity index (χ1) is 22.5. The lowest BCUT2D eigenvalue weighted by Crippen LogP contribution is -2.44. The van der Waals surface area contributed by atoms with E-state index < -0.39 is 29.3 Å². The van der Waals surface area contributed by atoms with Crippen molar-refractivity contribution in [3.8, 4) is 29.0 Å². The highest BCUT2D eigenvalue weighted by Gasteiger charge is 2.50. The van der Waals surface area contributed by atoms with Crippen LogP contribution >= 0.6 is 22.9 Å². The number of rotatable bonds is 6. The fourth-order valence-corrected chi connectivity index (χ4v) is 9.11. The zero-order chi connectivity index (χ0) is 32.8. The van der Waals surface area contributed by atoms with Gasteiger partial charge in [-0.15, -0.1) is 11.3 Å². The van der Waals surface area contributed by atoms with Gasteiger partial charge in [0.1, 0.15) is 47.6 Å². The maximum Gasteiger partial charge on any atom is 0.319 e. The molecule has 2 atom stereocenters. The summed E-state index contributed by atoms with van der Waals surface area (Å²) in [5.41, 5.74) is 5.24. The van der Waals surface area contributed by atoms with Crippen LogP contribution < -0.4 is 20.1 Å². The molecular formula is C32H28ClF5N6O2S. The Kier molecular flexibility index (Phi) is 7.13. The second kappa shape index (κ2) is 10.9. The molecule has 15 heteroatoms. The monoisotopic (exact) mass is 690 g/mol. The number of nitrogens with zero attached hydrogens (tertiary/aromatic N) is 5. The molecule has 8 rings (SSSR count). The number of hydrogen-bond acceptors (Lipinski definition) is 9. The number of benzene rings is 2. The van der Waals surface area contributed by atoms with E-state index in [1.807, 2.05) is 6.07 Å². The highest BCUT2D eigenvalue weighted by atomic mass is 35.5. The Labute approximate surface area is 274 Å². The predicted octanol–water partition coefficient (Wildman–Crippen LogP) is 7.10. The number of ether oxygens (including phenoxy) is 2. The molecular weight excluding hydrogens is 663 g/mol. The molecule has 4 aliphatic rings. The van der Waals surface area contributed by atoms with Crippen LogP contribution in [0, 0.1) is 28.9 Å². The average molecular weight is 691 g/mol. The summed E-state index contributed by atoms with van der Waals surface area (Å²) < 4.78 is 86.4. The summed E-state index contributed by atoms with van der Waals surface area (Å²) in [4.78, 5) is 13.0. The Hall–Kier alpha value is -3.67. The van der Waals surface area contributed by atoms with E-state index in [1.165, 1.54) is 6.07 Å². The highest BCUT2D eigenvalue weighted by molar-refractivity contribution is 7.23. The summed E-state index contributed by atoms with van der Waals surface area (Å²) in [5, 5.41) is 10.0. The second-order valence-corrected chi connectivity index (χ2v) is 14.4. The molecule has 3 fully saturated rings. The molecule has 0 unspecified atom stereocenters. The molecule has 2 aromatic carbocycles. The highest BCUT2D eigenvalue weighted by Crippen LogP contribution is 2.51. The van der Waals surface area contributed by atoms with Crippen molar-refractivity contribution in [1.82, 2.24) is 14.9 Å². The first-order valence-corrected chi connectivity index (χ1v) is 16.6. The number of anilines is 2. The largest absolute Gasteiger partial charge is 0.489 e. The number of nitriles is 1. The molecule has 1 aliphatic carbocycles. The molecule has 2 aromatic heterocycles. The van der Waals surface area contributed by atoms with Crippen LogP contribution in [0.2, 0.25) is 5.02 Å². The lowest BCUT2D eigenvalue weighted by atomic mass is 9.81. The number of aromatic nitrogens is 2. The van der Waals surface area contributed by atoms with Gasteiger partial charge in [0.15, 0.2) is 11.6 Å². The van der Waals surface area contributed by atoms with Gasteiger partial charge < -0.3 is 20.1 Å². The molecule has 0 radical (unpaired) electrons. The van der Waals surface area contributed by atoms with Gasteiger partial charge in [0.25, 0.3) is 0 Å². The summed E-state index contributed by atoms with van der Waals surface area (Å²) in [6.45, 7) is 1.65. The number of alkyl halides is 3. The quantitative estimate of drug-likeness (QED) is 0.214. The lowest BCUT2D eigenvalue weighted by molar-refractivity contribution is -0.107. The van der Waals surface area contributed by atoms with Crippen molar-refractivity contribution in [2.75, 3.05) is 50.0 Å². The summed E-state index contributed by atoms with van der Waals surface area (Å²) in [6, 6.07) is 4.30. The molecule has 4 aromatic rings. The molecule has 0 spiro atoms. The number of halogens is 6. The first-order valence-electron chi connectivity index (χ1n) is 15.4. The minimum atomic E-state index is -2.74. The fraction of sp³-hybridized carbons (Fsp3) is 0.469. The Morgan fingerprint density at radius 1 is 1.17 bits per heavy atom. The van der Waals surface area contributed by atoms with Crippen LogP contribution in [0.5, 0.6) is 11.8 Å². The summed E-state index contributed by atoms with van der Waals surface area (Å²) in [7, 11) is 0. The van der Waals surface area contributed by atoms with Gasteiger partial charge in [0, 0.05) is 43.3 Å². The number of nitrogens with two attached hydrogens (primary N) is 1. The summed E-state index contributed by atoms with van der Waals surface area (Å²) >= 11 is 7.79. The van der Waals surface area contributed by atoms with Crippen molar-refractivity contribution in [2.45, 2.75) is 49.7 Å². The Morgan fingerprint density at radius 2 is 1.98 bits per heavy atom. The Bertz CT molecular complexity index is 2000. The van der Waals surface area contributed by atoms with Gasteiger partial charge in [-0.1, -0.05) is 17.7 Å². The third-order valence-electron chi connectivity index (χ3n) is 9.93. The van der Waals surface area contributed by atoms with E-state index in [1.54, 1.807) is 4.90 Å². The van der Waals surface area contributed by atoms with E-state index in [4.69, 9.17) is 26.8 Å². The number of fused-ring (bicyclic) bond motifs is 2. The van der Waals surface area contributed by atoms with Gasteiger partial charge in [-0.2, -0.15) is 15.2 Å². The van der Waals surface area contributed by atoms with E-state index in [9.17, 15) is 22.8 Å². The SMILES string of the molecule is N#Cc1c(N)sc2c(F)ccc(-c3c(Cl)c4c5c(nc(OC[C@@]67CCCN6C[C@H](F)C7)nc5c3F)N(CC3CC(F)(F)C3)CCO4)c12. The molecule has 2 N–H and O–H groups in total. The molecule has 246 valence electrons. The maximum atomic E-state index is 17.0. The zero-order valence-corrected chi connectivity index (χ0v) is 26.5. The number of hydrogen-bond donors (Lipinski definition) is 1. The van der Waals surface area contributed by atoms with Crippen molar-refractivity contribution >= 4 is 54.7 Å². The van der Waals surface area contributed by atoms with E-state index in [2.05, 4.69) is 14.9 Å². The zero-order valence-electron chi connectivity index (χ0n) is 24.9. The van der Waals surface area contributed by atoms with Gasteiger partial charge in [0.05, 0.1) is 32.8 Å². The van der Waals surface area contributed by atoms with Gasteiger partial charge >= 0.3 is 6.01 Å². The van der Waals surface area contributed by atoms with Gasteiger partial charge in [-0.05, 0) is 36.9 Å². The Balaban J connectivity index is 1.31. The molecule has 1 saturated carbocycles. The van der Waals surface area contributed by atoms with Crippen LogP contribution in [-0.2, 0) is 0 Å². The van der Waals surface area contributed by atoms with Crippen molar-refractivity contribution in [1.29, 1.82) is 5.26 Å². The third kappa shape index (κ3) is 4.84. The predicted molar refractivity (Wildman–Crippen MR) is 168 cm³/mol. The smallest absolute Gasteiger partial charge is 0.319 e. The molecule has 3 aliphatic heterocycles. The van der Waals surface area contributed by atoms with E-state index in [-0.39, 0.29) is 110 Å². The molecule has 5 heterocycles. The van der Waals surface area contributed by atoms with Crippen molar-refractivity contribution < 1.29 is 31.4 Å². The van der Waals surface area contributed by atoms with E-state index >= 15 is 4.39 Å². The van der Waals surface area contributed by atoms with Crippen LogP contribution in [0.25, 0.3) is 32.1 Å². The van der Waals surface area contributed by atoms with Crippen LogP contribution in [0.4, 0.5) is 32.8 Å².